The van der Waals surface area contributed by atoms with Crippen LogP contribution in [0.25, 0.3) is 0 Å². The highest BCUT2D eigenvalue weighted by molar-refractivity contribution is 6.34. The molecule has 0 saturated heterocycles. The van der Waals surface area contributed by atoms with Crippen LogP contribution in [-0.4, -0.2) is 5.91 Å². The summed E-state index contributed by atoms with van der Waals surface area (Å²) >= 11 is 6.15. The highest BCUT2D eigenvalue weighted by Gasteiger charge is 2.39. The van der Waals surface area contributed by atoms with Gasteiger partial charge in [0.25, 0.3) is 0 Å². The molecule has 3 unspecified atom stereocenters. The van der Waals surface area contributed by atoms with Gasteiger partial charge in [0.15, 0.2) is 0 Å². The summed E-state index contributed by atoms with van der Waals surface area (Å²) in [6, 6.07) is 5.83. The van der Waals surface area contributed by atoms with Crippen LogP contribution in [0.2, 0.25) is 5.02 Å². The minimum atomic E-state index is 0.0152. The van der Waals surface area contributed by atoms with E-state index in [4.69, 9.17) is 11.6 Å². The molecule has 0 bridgehead atoms. The number of hydrogen-bond donors (Lipinski definition) is 1. The molecule has 2 nitrogen and oxygen atoms in total. The van der Waals surface area contributed by atoms with Crippen molar-refractivity contribution in [1.82, 2.24) is 0 Å². The number of anilines is 1. The van der Waals surface area contributed by atoms with Gasteiger partial charge in [-0.05, 0) is 36.3 Å². The lowest BCUT2D eigenvalue weighted by Crippen LogP contribution is -2.25. The first-order valence-electron chi connectivity index (χ1n) is 6.76. The normalized spacial score (nSPS) is 31.0. The van der Waals surface area contributed by atoms with Gasteiger partial charge >= 0.3 is 0 Å². The molecule has 1 fully saturated rings. The zero-order valence-corrected chi connectivity index (χ0v) is 11.3. The molecule has 1 amide bonds. The second kappa shape index (κ2) is 4.58. The molecule has 1 heterocycles. The molecular formula is C15H18ClNO. The number of nitrogens with one attached hydrogen (secondary N) is 1. The Hall–Kier alpha value is -1.02. The maximum absolute atomic E-state index is 12.2. The van der Waals surface area contributed by atoms with E-state index in [-0.39, 0.29) is 11.8 Å². The van der Waals surface area contributed by atoms with E-state index in [9.17, 15) is 4.79 Å². The Morgan fingerprint density at radius 3 is 2.94 bits per heavy atom. The van der Waals surface area contributed by atoms with Crippen LogP contribution in [0.15, 0.2) is 18.2 Å². The van der Waals surface area contributed by atoms with Crippen LogP contribution in [0.5, 0.6) is 0 Å². The van der Waals surface area contributed by atoms with Crippen molar-refractivity contribution in [1.29, 1.82) is 0 Å². The Morgan fingerprint density at radius 2 is 2.17 bits per heavy atom. The number of rotatable bonds is 1. The molecule has 0 aromatic heterocycles. The Kier molecular flexibility index (Phi) is 3.06. The summed E-state index contributed by atoms with van der Waals surface area (Å²) in [6.07, 6.45) is 4.86. The van der Waals surface area contributed by atoms with Gasteiger partial charge in [0, 0.05) is 0 Å². The smallest absolute Gasteiger partial charge is 0.232 e. The highest BCUT2D eigenvalue weighted by atomic mass is 35.5. The summed E-state index contributed by atoms with van der Waals surface area (Å²) in [5.74, 6) is 1.37. The van der Waals surface area contributed by atoms with Gasteiger partial charge in [-0.1, -0.05) is 43.5 Å². The second-order valence-electron chi connectivity index (χ2n) is 5.70. The number of halogens is 1. The van der Waals surface area contributed by atoms with Gasteiger partial charge in [0.2, 0.25) is 5.91 Å². The first-order chi connectivity index (χ1) is 8.66. The van der Waals surface area contributed by atoms with E-state index >= 15 is 0 Å². The number of fused-ring (bicyclic) bond motifs is 1. The van der Waals surface area contributed by atoms with E-state index in [1.807, 2.05) is 18.2 Å². The zero-order chi connectivity index (χ0) is 12.7. The van der Waals surface area contributed by atoms with Crippen LogP contribution in [0, 0.1) is 11.8 Å². The van der Waals surface area contributed by atoms with Crippen LogP contribution in [0.4, 0.5) is 5.69 Å². The summed E-state index contributed by atoms with van der Waals surface area (Å²) in [5.41, 5.74) is 1.94. The summed E-state index contributed by atoms with van der Waals surface area (Å²) in [4.78, 5) is 12.2. The average Bonchev–Trinajstić information content (AvgIpc) is 2.67. The summed E-state index contributed by atoms with van der Waals surface area (Å²) in [5, 5.41) is 3.62. The third-order valence-electron chi connectivity index (χ3n) is 4.36. The maximum Gasteiger partial charge on any atom is 0.232 e. The summed E-state index contributed by atoms with van der Waals surface area (Å²) < 4.78 is 0. The molecule has 3 rings (SSSR count). The lowest BCUT2D eigenvalue weighted by molar-refractivity contribution is -0.118. The Morgan fingerprint density at radius 1 is 1.33 bits per heavy atom. The molecule has 1 N–H and O–H groups in total. The predicted octanol–water partition coefficient (Wildman–Crippen LogP) is 4.20. The van der Waals surface area contributed by atoms with Gasteiger partial charge in [-0.2, -0.15) is 0 Å². The number of benzene rings is 1. The van der Waals surface area contributed by atoms with Crippen LogP contribution < -0.4 is 5.32 Å². The Bertz CT molecular complexity index is 485. The van der Waals surface area contributed by atoms with Crippen molar-refractivity contribution >= 4 is 23.2 Å². The SMILES string of the molecule is CC1CCCC(C2C(=O)Nc3c(Cl)cccc32)C1. The minimum Gasteiger partial charge on any atom is -0.324 e. The molecular weight excluding hydrogens is 246 g/mol. The second-order valence-corrected chi connectivity index (χ2v) is 6.11. The van der Waals surface area contributed by atoms with Gasteiger partial charge in [-0.3, -0.25) is 4.79 Å². The third kappa shape index (κ3) is 1.93. The van der Waals surface area contributed by atoms with E-state index in [1.165, 1.54) is 12.8 Å². The number of amides is 1. The fourth-order valence-electron chi connectivity index (χ4n) is 3.53. The van der Waals surface area contributed by atoms with Gasteiger partial charge in [-0.15, -0.1) is 0 Å². The molecule has 0 radical (unpaired) electrons. The summed E-state index contributed by atoms with van der Waals surface area (Å²) in [6.45, 7) is 2.29. The van der Waals surface area contributed by atoms with Gasteiger partial charge < -0.3 is 5.32 Å². The molecule has 1 aromatic carbocycles. The minimum absolute atomic E-state index is 0.0152. The number of carbonyl (C=O) groups is 1. The molecule has 18 heavy (non-hydrogen) atoms. The molecule has 0 spiro atoms. The molecule has 1 saturated carbocycles. The quantitative estimate of drug-likeness (QED) is 0.808. The largest absolute Gasteiger partial charge is 0.324 e. The van der Waals surface area contributed by atoms with Gasteiger partial charge in [0.1, 0.15) is 0 Å². The predicted molar refractivity (Wildman–Crippen MR) is 73.9 cm³/mol. The topological polar surface area (TPSA) is 29.1 Å². The maximum atomic E-state index is 12.2. The van der Waals surface area contributed by atoms with Crippen molar-refractivity contribution in [2.45, 2.75) is 38.5 Å². The molecule has 96 valence electrons. The molecule has 1 aliphatic carbocycles. The van der Waals surface area contributed by atoms with Crippen molar-refractivity contribution < 1.29 is 4.79 Å². The van der Waals surface area contributed by atoms with E-state index in [1.54, 1.807) is 0 Å². The first kappa shape index (κ1) is 12.0. The van der Waals surface area contributed by atoms with Crippen molar-refractivity contribution in [2.24, 2.45) is 11.8 Å². The van der Waals surface area contributed by atoms with Crippen molar-refractivity contribution in [3.8, 4) is 0 Å². The lowest BCUT2D eigenvalue weighted by Gasteiger charge is -2.30. The zero-order valence-electron chi connectivity index (χ0n) is 10.6. The first-order valence-corrected chi connectivity index (χ1v) is 7.14. The van der Waals surface area contributed by atoms with Crippen molar-refractivity contribution in [3.05, 3.63) is 28.8 Å². The van der Waals surface area contributed by atoms with Crippen LogP contribution in [-0.2, 0) is 4.79 Å². The molecule has 2 aliphatic rings. The van der Waals surface area contributed by atoms with E-state index in [0.29, 0.717) is 10.9 Å². The van der Waals surface area contributed by atoms with Crippen molar-refractivity contribution in [2.75, 3.05) is 5.32 Å². The number of carbonyl (C=O) groups excluding carboxylic acids is 1. The highest BCUT2D eigenvalue weighted by Crippen LogP contribution is 2.46. The van der Waals surface area contributed by atoms with Gasteiger partial charge in [-0.25, -0.2) is 0 Å². The van der Waals surface area contributed by atoms with Crippen molar-refractivity contribution in [3.63, 3.8) is 0 Å². The van der Waals surface area contributed by atoms with Crippen LogP contribution >= 0.6 is 11.6 Å². The Balaban J connectivity index is 1.94. The molecule has 1 aromatic rings. The summed E-state index contributed by atoms with van der Waals surface area (Å²) in [7, 11) is 0. The van der Waals surface area contributed by atoms with E-state index in [2.05, 4.69) is 12.2 Å². The average molecular weight is 264 g/mol. The molecule has 1 aliphatic heterocycles. The Labute approximate surface area is 113 Å². The standard InChI is InChI=1S/C15H18ClNO/c1-9-4-2-5-10(8-9)13-11-6-3-7-12(16)14(11)17-15(13)18/h3,6-7,9-10,13H,2,4-5,8H2,1H3,(H,17,18). The van der Waals surface area contributed by atoms with E-state index < -0.39 is 0 Å². The fraction of sp³-hybridized carbons (Fsp3) is 0.533. The number of hydrogen-bond acceptors (Lipinski definition) is 1. The lowest BCUT2D eigenvalue weighted by atomic mass is 9.74. The van der Waals surface area contributed by atoms with Crippen LogP contribution in [0.1, 0.15) is 44.1 Å². The third-order valence-corrected chi connectivity index (χ3v) is 4.67. The number of para-hydroxylation sites is 1. The monoisotopic (exact) mass is 263 g/mol. The van der Waals surface area contributed by atoms with Crippen LogP contribution in [0.3, 0.4) is 0 Å². The molecule has 3 atom stereocenters. The molecule has 3 heteroatoms. The van der Waals surface area contributed by atoms with E-state index in [0.717, 1.165) is 30.0 Å². The fourth-order valence-corrected chi connectivity index (χ4v) is 3.75. The van der Waals surface area contributed by atoms with Gasteiger partial charge in [0.05, 0.1) is 16.6 Å².